The molecule has 0 amide bonds. The molecule has 1 rings (SSSR count). The Morgan fingerprint density at radius 2 is 2.10 bits per heavy atom. The first-order valence-electron chi connectivity index (χ1n) is 5.93. The Balaban J connectivity index is 3.22. The van der Waals surface area contributed by atoms with Gasteiger partial charge in [0.2, 0.25) is 10.0 Å². The normalized spacial score (nSPS) is 12.5. The van der Waals surface area contributed by atoms with E-state index in [0.717, 1.165) is 0 Å². The van der Waals surface area contributed by atoms with Gasteiger partial charge in [-0.3, -0.25) is 4.79 Å². The van der Waals surface area contributed by atoms with Crippen molar-refractivity contribution in [1.82, 2.24) is 4.72 Å². The third-order valence-corrected chi connectivity index (χ3v) is 4.15. The van der Waals surface area contributed by atoms with Gasteiger partial charge in [-0.05, 0) is 18.6 Å². The molecule has 8 heteroatoms. The van der Waals surface area contributed by atoms with Crippen LogP contribution in [0.2, 0.25) is 0 Å². The van der Waals surface area contributed by atoms with Gasteiger partial charge in [0.05, 0.1) is 14.2 Å². The molecule has 0 heterocycles. The fraction of sp³-hybridized carbons (Fsp3) is 0.308. The molecule has 1 aromatic rings. The summed E-state index contributed by atoms with van der Waals surface area (Å²) < 4.78 is 36.7. The van der Waals surface area contributed by atoms with E-state index in [9.17, 15) is 13.2 Å². The molecule has 0 aliphatic carbocycles. The van der Waals surface area contributed by atoms with Gasteiger partial charge in [-0.1, -0.05) is 6.08 Å². The van der Waals surface area contributed by atoms with Crippen LogP contribution in [0.5, 0.6) is 11.5 Å². The van der Waals surface area contributed by atoms with Crippen LogP contribution in [-0.4, -0.2) is 39.8 Å². The molecule has 1 unspecified atom stereocenters. The third kappa shape index (κ3) is 4.20. The lowest BCUT2D eigenvalue weighted by Gasteiger charge is -2.15. The minimum Gasteiger partial charge on any atom is -0.497 e. The van der Waals surface area contributed by atoms with Crippen LogP contribution in [0.1, 0.15) is 6.42 Å². The zero-order valence-electron chi connectivity index (χ0n) is 11.7. The number of nitrogens with one attached hydrogen (secondary N) is 1. The van der Waals surface area contributed by atoms with Crippen LogP contribution < -0.4 is 14.2 Å². The molecule has 0 saturated heterocycles. The number of methoxy groups -OCH3 is 2. The number of carboxylic acid groups (broad SMARTS) is 1. The molecule has 21 heavy (non-hydrogen) atoms. The van der Waals surface area contributed by atoms with Gasteiger partial charge >= 0.3 is 5.97 Å². The van der Waals surface area contributed by atoms with Crippen LogP contribution in [0.15, 0.2) is 35.7 Å². The Labute approximate surface area is 123 Å². The van der Waals surface area contributed by atoms with Crippen molar-refractivity contribution < 1.29 is 27.8 Å². The van der Waals surface area contributed by atoms with Crippen molar-refractivity contribution in [3.63, 3.8) is 0 Å². The lowest BCUT2D eigenvalue weighted by Crippen LogP contribution is -2.40. The SMILES string of the molecule is C=CCC(NS(=O)(=O)c1cc(OC)ccc1OC)C(=O)O. The van der Waals surface area contributed by atoms with Crippen molar-refractivity contribution >= 4 is 16.0 Å². The molecule has 1 aromatic carbocycles. The maximum atomic E-state index is 12.3. The summed E-state index contributed by atoms with van der Waals surface area (Å²) in [5, 5.41) is 9.01. The summed E-state index contributed by atoms with van der Waals surface area (Å²) in [6.07, 6.45) is 1.28. The molecule has 0 spiro atoms. The van der Waals surface area contributed by atoms with Crippen LogP contribution in [0, 0.1) is 0 Å². The van der Waals surface area contributed by atoms with E-state index in [1.54, 1.807) is 0 Å². The number of hydrogen-bond acceptors (Lipinski definition) is 5. The zero-order valence-corrected chi connectivity index (χ0v) is 12.5. The van der Waals surface area contributed by atoms with Crippen LogP contribution in [-0.2, 0) is 14.8 Å². The summed E-state index contributed by atoms with van der Waals surface area (Å²) >= 11 is 0. The highest BCUT2D eigenvalue weighted by atomic mass is 32.2. The lowest BCUT2D eigenvalue weighted by atomic mass is 10.2. The first-order valence-corrected chi connectivity index (χ1v) is 7.42. The molecule has 7 nitrogen and oxygen atoms in total. The maximum Gasteiger partial charge on any atom is 0.322 e. The van der Waals surface area contributed by atoms with Crippen molar-refractivity contribution in [3.8, 4) is 11.5 Å². The van der Waals surface area contributed by atoms with Gasteiger partial charge in [0.25, 0.3) is 0 Å². The first-order chi connectivity index (χ1) is 9.85. The molecule has 0 bridgehead atoms. The average molecular weight is 315 g/mol. The Hall–Kier alpha value is -2.06. The summed E-state index contributed by atoms with van der Waals surface area (Å²) in [5.74, 6) is -0.891. The molecular weight excluding hydrogens is 298 g/mol. The number of hydrogen-bond donors (Lipinski definition) is 2. The minimum atomic E-state index is -4.09. The number of carboxylic acids is 1. The monoisotopic (exact) mass is 315 g/mol. The van der Waals surface area contributed by atoms with Gasteiger partial charge in [0.15, 0.2) is 0 Å². The Kier molecular flexibility index (Phi) is 5.74. The topological polar surface area (TPSA) is 102 Å². The van der Waals surface area contributed by atoms with Gasteiger partial charge < -0.3 is 14.6 Å². The van der Waals surface area contributed by atoms with E-state index < -0.39 is 22.0 Å². The van der Waals surface area contributed by atoms with Gasteiger partial charge in [-0.25, -0.2) is 8.42 Å². The van der Waals surface area contributed by atoms with Crippen molar-refractivity contribution in [1.29, 1.82) is 0 Å². The highest BCUT2D eigenvalue weighted by Crippen LogP contribution is 2.28. The molecule has 0 aromatic heterocycles. The first kappa shape index (κ1) is 17.0. The van der Waals surface area contributed by atoms with Crippen LogP contribution in [0.25, 0.3) is 0 Å². The number of benzene rings is 1. The van der Waals surface area contributed by atoms with E-state index in [0.29, 0.717) is 5.75 Å². The van der Waals surface area contributed by atoms with E-state index in [2.05, 4.69) is 11.3 Å². The predicted molar refractivity (Wildman–Crippen MR) is 76.1 cm³/mol. The Bertz CT molecular complexity index is 626. The number of rotatable bonds is 8. The van der Waals surface area contributed by atoms with E-state index in [1.807, 2.05) is 0 Å². The maximum absolute atomic E-state index is 12.3. The second-order valence-corrected chi connectivity index (χ2v) is 5.74. The third-order valence-electron chi connectivity index (χ3n) is 2.66. The minimum absolute atomic E-state index is 0.0408. The molecule has 0 radical (unpaired) electrons. The molecule has 0 fully saturated rings. The van der Waals surface area contributed by atoms with Gasteiger partial charge in [0, 0.05) is 6.07 Å². The van der Waals surface area contributed by atoms with Crippen molar-refractivity contribution in [2.24, 2.45) is 0 Å². The summed E-state index contributed by atoms with van der Waals surface area (Å²) in [4.78, 5) is 10.9. The summed E-state index contributed by atoms with van der Waals surface area (Å²) in [6.45, 7) is 3.40. The average Bonchev–Trinajstić information content (AvgIpc) is 2.45. The Morgan fingerprint density at radius 3 is 2.57 bits per heavy atom. The summed E-state index contributed by atoms with van der Waals surface area (Å²) in [6, 6.07) is 2.92. The quantitative estimate of drug-likeness (QED) is 0.694. The molecule has 0 aliphatic heterocycles. The van der Waals surface area contributed by atoms with E-state index in [1.165, 1.54) is 38.5 Å². The molecule has 1 atom stereocenters. The molecule has 0 saturated carbocycles. The smallest absolute Gasteiger partial charge is 0.322 e. The van der Waals surface area contributed by atoms with Crippen molar-refractivity contribution in [2.45, 2.75) is 17.4 Å². The van der Waals surface area contributed by atoms with Crippen molar-refractivity contribution in [2.75, 3.05) is 14.2 Å². The fourth-order valence-corrected chi connectivity index (χ4v) is 3.00. The summed E-state index contributed by atoms with van der Waals surface area (Å²) in [7, 11) is -1.37. The zero-order chi connectivity index (χ0) is 16.0. The lowest BCUT2D eigenvalue weighted by molar-refractivity contribution is -0.138. The largest absolute Gasteiger partial charge is 0.497 e. The van der Waals surface area contributed by atoms with E-state index >= 15 is 0 Å². The molecule has 0 aliphatic rings. The van der Waals surface area contributed by atoms with Crippen LogP contribution in [0.4, 0.5) is 0 Å². The predicted octanol–water partition coefficient (Wildman–Crippen LogP) is 1.01. The standard InChI is InChI=1S/C13H17NO6S/c1-4-5-10(13(15)16)14-21(17,18)12-8-9(19-2)6-7-11(12)20-3/h4,6-8,10,14H,1,5H2,2-3H3,(H,15,16). The van der Waals surface area contributed by atoms with Crippen LogP contribution in [0.3, 0.4) is 0 Å². The number of ether oxygens (including phenoxy) is 2. The van der Waals surface area contributed by atoms with E-state index in [4.69, 9.17) is 14.6 Å². The van der Waals surface area contributed by atoms with Crippen LogP contribution >= 0.6 is 0 Å². The van der Waals surface area contributed by atoms with Gasteiger partial charge in [-0.15, -0.1) is 6.58 Å². The highest BCUT2D eigenvalue weighted by Gasteiger charge is 2.27. The molecule has 116 valence electrons. The number of aliphatic carboxylic acids is 1. The Morgan fingerprint density at radius 1 is 1.43 bits per heavy atom. The van der Waals surface area contributed by atoms with Gasteiger partial charge in [0.1, 0.15) is 22.4 Å². The summed E-state index contributed by atoms with van der Waals surface area (Å²) in [5.41, 5.74) is 0. The molecular formula is C13H17NO6S. The van der Waals surface area contributed by atoms with E-state index in [-0.39, 0.29) is 17.1 Å². The fourth-order valence-electron chi connectivity index (χ4n) is 1.61. The molecule has 2 N–H and O–H groups in total. The number of sulfonamides is 1. The van der Waals surface area contributed by atoms with Gasteiger partial charge in [-0.2, -0.15) is 4.72 Å². The second kappa shape index (κ2) is 7.09. The highest BCUT2D eigenvalue weighted by molar-refractivity contribution is 7.89. The second-order valence-electron chi connectivity index (χ2n) is 4.05. The van der Waals surface area contributed by atoms with Crippen molar-refractivity contribution in [3.05, 3.63) is 30.9 Å². The number of carbonyl (C=O) groups is 1.